The molecule has 84 valence electrons. The van der Waals surface area contributed by atoms with Gasteiger partial charge in [-0.1, -0.05) is 12.8 Å². The zero-order valence-electron chi connectivity index (χ0n) is 9.71. The Balaban J connectivity index is 1.59. The zero-order valence-corrected chi connectivity index (χ0v) is 9.71. The van der Waals surface area contributed by atoms with Gasteiger partial charge in [0.15, 0.2) is 0 Å². The van der Waals surface area contributed by atoms with Crippen molar-refractivity contribution in [2.75, 3.05) is 26.2 Å². The predicted octanol–water partition coefficient (Wildman–Crippen LogP) is 1.33. The van der Waals surface area contributed by atoms with Crippen LogP contribution in [-0.2, 0) is 0 Å². The van der Waals surface area contributed by atoms with E-state index in [1.807, 2.05) is 0 Å². The molecule has 1 aliphatic heterocycles. The number of likely N-dealkylation sites (tertiary alicyclic amines) is 1. The van der Waals surface area contributed by atoms with Crippen molar-refractivity contribution >= 4 is 0 Å². The molecule has 1 aliphatic carbocycles. The third kappa shape index (κ3) is 3.22. The fourth-order valence-corrected chi connectivity index (χ4v) is 2.43. The van der Waals surface area contributed by atoms with Gasteiger partial charge < -0.3 is 5.32 Å². The average molecular weight is 206 g/mol. The summed E-state index contributed by atoms with van der Waals surface area (Å²) in [5.41, 5.74) is 0. The maximum atomic E-state index is 5.31. The number of nitrogens with one attached hydrogen (secondary N) is 1. The number of piperidine rings is 1. The van der Waals surface area contributed by atoms with Crippen molar-refractivity contribution in [3.05, 3.63) is 0 Å². The van der Waals surface area contributed by atoms with Crippen LogP contribution in [0.2, 0.25) is 0 Å². The molecule has 1 heterocycles. The third-order valence-corrected chi connectivity index (χ3v) is 3.85. The smallest absolute Gasteiger partial charge is 0.0598 e. The van der Waals surface area contributed by atoms with Crippen molar-refractivity contribution in [1.82, 2.24) is 10.2 Å². The second-order valence-electron chi connectivity index (χ2n) is 5.14. The molecule has 15 heavy (non-hydrogen) atoms. The minimum atomic E-state index is 0.742. The highest BCUT2D eigenvalue weighted by Crippen LogP contribution is 2.36. The lowest BCUT2D eigenvalue weighted by Crippen LogP contribution is -2.43. The van der Waals surface area contributed by atoms with Crippen LogP contribution in [0.3, 0.4) is 0 Å². The highest BCUT2D eigenvalue weighted by atomic mass is 15.1. The van der Waals surface area contributed by atoms with Crippen LogP contribution in [0.25, 0.3) is 0 Å². The van der Waals surface area contributed by atoms with E-state index in [0.717, 1.165) is 24.4 Å². The van der Waals surface area contributed by atoms with E-state index in [4.69, 9.17) is 6.42 Å². The van der Waals surface area contributed by atoms with Crippen molar-refractivity contribution < 1.29 is 0 Å². The molecule has 2 aliphatic rings. The second-order valence-corrected chi connectivity index (χ2v) is 5.14. The van der Waals surface area contributed by atoms with Crippen LogP contribution in [0.4, 0.5) is 0 Å². The van der Waals surface area contributed by atoms with Gasteiger partial charge in [-0.15, -0.1) is 6.42 Å². The molecule has 2 rings (SSSR count). The standard InChI is InChI=1S/C13H22N2/c1-3-6-15-7-4-13(5-8-15)14-10-12-9-11(12)2/h1,11-14H,4-10H2,2H3. The fraction of sp³-hybridized carbons (Fsp3) is 0.846. The Morgan fingerprint density at radius 1 is 1.40 bits per heavy atom. The first-order chi connectivity index (χ1) is 7.29. The molecule has 0 aromatic heterocycles. The summed E-state index contributed by atoms with van der Waals surface area (Å²) < 4.78 is 0. The summed E-state index contributed by atoms with van der Waals surface area (Å²) in [4.78, 5) is 2.37. The van der Waals surface area contributed by atoms with E-state index >= 15 is 0 Å². The maximum Gasteiger partial charge on any atom is 0.0598 e. The summed E-state index contributed by atoms with van der Waals surface area (Å²) in [6.45, 7) is 6.75. The van der Waals surface area contributed by atoms with Gasteiger partial charge in [-0.05, 0) is 37.6 Å². The number of hydrogen-bond donors (Lipinski definition) is 1. The van der Waals surface area contributed by atoms with Crippen molar-refractivity contribution in [1.29, 1.82) is 0 Å². The lowest BCUT2D eigenvalue weighted by molar-refractivity contribution is 0.217. The quantitative estimate of drug-likeness (QED) is 0.698. The molecule has 1 saturated heterocycles. The summed E-state index contributed by atoms with van der Waals surface area (Å²) in [6, 6.07) is 0.742. The number of terminal acetylenes is 1. The van der Waals surface area contributed by atoms with Crippen molar-refractivity contribution in [3.63, 3.8) is 0 Å². The Labute approximate surface area is 93.4 Å². The molecule has 2 atom stereocenters. The van der Waals surface area contributed by atoms with Gasteiger partial charge in [0.05, 0.1) is 6.54 Å². The van der Waals surface area contributed by atoms with Gasteiger partial charge in [-0.3, -0.25) is 4.90 Å². The van der Waals surface area contributed by atoms with Crippen LogP contribution < -0.4 is 5.32 Å². The minimum Gasteiger partial charge on any atom is -0.314 e. The van der Waals surface area contributed by atoms with E-state index in [1.165, 1.54) is 38.9 Å². The molecule has 0 aromatic rings. The van der Waals surface area contributed by atoms with Gasteiger partial charge in [0.2, 0.25) is 0 Å². The Kier molecular flexibility index (Phi) is 3.66. The number of rotatable bonds is 4. The second kappa shape index (κ2) is 5.01. The van der Waals surface area contributed by atoms with Crippen LogP contribution >= 0.6 is 0 Å². The molecule has 0 radical (unpaired) electrons. The van der Waals surface area contributed by atoms with Crippen LogP contribution in [0.1, 0.15) is 26.2 Å². The molecule has 1 N–H and O–H groups in total. The fourth-order valence-electron chi connectivity index (χ4n) is 2.43. The summed E-state index contributed by atoms with van der Waals surface area (Å²) in [5.74, 6) is 4.66. The summed E-state index contributed by atoms with van der Waals surface area (Å²) in [7, 11) is 0. The summed E-state index contributed by atoms with van der Waals surface area (Å²) >= 11 is 0. The SMILES string of the molecule is C#CCN1CCC(NCC2CC2C)CC1. The zero-order chi connectivity index (χ0) is 10.7. The van der Waals surface area contributed by atoms with Crippen LogP contribution in [-0.4, -0.2) is 37.1 Å². The largest absolute Gasteiger partial charge is 0.314 e. The lowest BCUT2D eigenvalue weighted by Gasteiger charge is -2.31. The Morgan fingerprint density at radius 2 is 2.07 bits per heavy atom. The summed E-state index contributed by atoms with van der Waals surface area (Å²) in [5, 5.41) is 3.70. The van der Waals surface area contributed by atoms with E-state index in [0.29, 0.717) is 0 Å². The van der Waals surface area contributed by atoms with E-state index in [9.17, 15) is 0 Å². The predicted molar refractivity (Wildman–Crippen MR) is 63.6 cm³/mol. The monoisotopic (exact) mass is 206 g/mol. The Hall–Kier alpha value is -0.520. The van der Waals surface area contributed by atoms with Gasteiger partial charge in [0.25, 0.3) is 0 Å². The van der Waals surface area contributed by atoms with Gasteiger partial charge in [-0.25, -0.2) is 0 Å². The lowest BCUT2D eigenvalue weighted by atomic mass is 10.0. The summed E-state index contributed by atoms with van der Waals surface area (Å²) in [6.07, 6.45) is 9.28. The van der Waals surface area contributed by atoms with Crippen LogP contribution in [0.5, 0.6) is 0 Å². The Bertz CT molecular complexity index is 235. The van der Waals surface area contributed by atoms with Crippen molar-refractivity contribution in [2.45, 2.75) is 32.2 Å². The molecule has 0 amide bonds. The molecule has 0 aromatic carbocycles. The van der Waals surface area contributed by atoms with E-state index in [2.05, 4.69) is 23.1 Å². The normalized spacial score (nSPS) is 32.5. The molecule has 2 heteroatoms. The maximum absolute atomic E-state index is 5.31. The molecule has 2 nitrogen and oxygen atoms in total. The molecule has 2 unspecified atom stereocenters. The van der Waals surface area contributed by atoms with E-state index in [-0.39, 0.29) is 0 Å². The number of hydrogen-bond acceptors (Lipinski definition) is 2. The molecule has 1 saturated carbocycles. The molecular formula is C13H22N2. The van der Waals surface area contributed by atoms with Gasteiger partial charge in [-0.2, -0.15) is 0 Å². The van der Waals surface area contributed by atoms with Crippen LogP contribution in [0.15, 0.2) is 0 Å². The van der Waals surface area contributed by atoms with Crippen molar-refractivity contribution in [2.24, 2.45) is 11.8 Å². The minimum absolute atomic E-state index is 0.742. The van der Waals surface area contributed by atoms with Crippen LogP contribution in [0, 0.1) is 24.2 Å². The number of nitrogens with zero attached hydrogens (tertiary/aromatic N) is 1. The first kappa shape index (κ1) is 11.0. The Morgan fingerprint density at radius 3 is 2.60 bits per heavy atom. The van der Waals surface area contributed by atoms with Crippen molar-refractivity contribution in [3.8, 4) is 12.3 Å². The van der Waals surface area contributed by atoms with Gasteiger partial charge in [0.1, 0.15) is 0 Å². The average Bonchev–Trinajstić information content (AvgIpc) is 2.94. The highest BCUT2D eigenvalue weighted by Gasteiger charge is 2.32. The molecule has 0 bridgehead atoms. The van der Waals surface area contributed by atoms with E-state index < -0.39 is 0 Å². The van der Waals surface area contributed by atoms with Gasteiger partial charge >= 0.3 is 0 Å². The van der Waals surface area contributed by atoms with E-state index in [1.54, 1.807) is 0 Å². The first-order valence-corrected chi connectivity index (χ1v) is 6.19. The topological polar surface area (TPSA) is 15.3 Å². The third-order valence-electron chi connectivity index (χ3n) is 3.85. The highest BCUT2D eigenvalue weighted by molar-refractivity contribution is 4.91. The molecular weight excluding hydrogens is 184 g/mol. The molecule has 2 fully saturated rings. The molecule has 0 spiro atoms. The first-order valence-electron chi connectivity index (χ1n) is 6.19. The van der Waals surface area contributed by atoms with Gasteiger partial charge in [0, 0.05) is 19.1 Å².